The highest BCUT2D eigenvalue weighted by molar-refractivity contribution is 5.78. The van der Waals surface area contributed by atoms with Gasteiger partial charge in [-0.2, -0.15) is 0 Å². The fourth-order valence-electron chi connectivity index (χ4n) is 4.01. The zero-order chi connectivity index (χ0) is 20.9. The predicted octanol–water partition coefficient (Wildman–Crippen LogP) is 2.48. The van der Waals surface area contributed by atoms with E-state index in [4.69, 9.17) is 0 Å². The van der Waals surface area contributed by atoms with Crippen LogP contribution in [0.2, 0.25) is 0 Å². The third-order valence-electron chi connectivity index (χ3n) is 5.83. The second-order valence-corrected chi connectivity index (χ2v) is 7.93. The molecule has 1 aliphatic rings. The Bertz CT molecular complexity index is 1090. The molecule has 0 aliphatic carbocycles. The monoisotopic (exact) mass is 405 g/mol. The first kappa shape index (κ1) is 20.2. The van der Waals surface area contributed by atoms with E-state index in [9.17, 15) is 9.59 Å². The Kier molecular flexibility index (Phi) is 6.18. The fourth-order valence-corrected chi connectivity index (χ4v) is 4.01. The Balaban J connectivity index is 1.41. The number of nitrogens with zero attached hydrogens (tertiary/aromatic N) is 4. The molecule has 0 bridgehead atoms. The lowest BCUT2D eigenvalue weighted by Crippen LogP contribution is -2.37. The number of rotatable bonds is 6. The molecule has 0 unspecified atom stereocenters. The van der Waals surface area contributed by atoms with Gasteiger partial charge in [0.1, 0.15) is 12.1 Å². The predicted molar refractivity (Wildman–Crippen MR) is 116 cm³/mol. The molecule has 30 heavy (non-hydrogen) atoms. The van der Waals surface area contributed by atoms with Gasteiger partial charge in [-0.05, 0) is 49.6 Å². The molecule has 2 heterocycles. The third kappa shape index (κ3) is 4.57. The second-order valence-electron chi connectivity index (χ2n) is 7.93. The van der Waals surface area contributed by atoms with E-state index in [1.165, 1.54) is 24.8 Å². The van der Waals surface area contributed by atoms with Crippen molar-refractivity contribution in [3.05, 3.63) is 70.0 Å². The summed E-state index contributed by atoms with van der Waals surface area (Å²) in [6.07, 6.45) is 3.78. The molecule has 1 amide bonds. The summed E-state index contributed by atoms with van der Waals surface area (Å²) in [5.41, 5.74) is 2.55. The van der Waals surface area contributed by atoms with Crippen molar-refractivity contribution in [1.82, 2.24) is 25.2 Å². The molecule has 4 rings (SSSR count). The van der Waals surface area contributed by atoms with Crippen LogP contribution in [0.4, 0.5) is 0 Å². The van der Waals surface area contributed by atoms with E-state index in [1.54, 1.807) is 24.3 Å². The molecule has 0 saturated carbocycles. The number of nitrogens with one attached hydrogen (secondary N) is 1. The zero-order valence-electron chi connectivity index (χ0n) is 17.3. The van der Waals surface area contributed by atoms with Gasteiger partial charge in [0.2, 0.25) is 5.91 Å². The molecule has 1 aliphatic heterocycles. The maximum Gasteiger partial charge on any atom is 0.278 e. The summed E-state index contributed by atoms with van der Waals surface area (Å²) >= 11 is 0. The molecule has 0 radical (unpaired) electrons. The maximum atomic E-state index is 12.5. The van der Waals surface area contributed by atoms with Crippen molar-refractivity contribution in [3.63, 3.8) is 0 Å². The quantitative estimate of drug-likeness (QED) is 0.682. The van der Waals surface area contributed by atoms with E-state index in [-0.39, 0.29) is 18.0 Å². The van der Waals surface area contributed by atoms with Crippen LogP contribution in [0.15, 0.2) is 53.3 Å². The number of hydrogen-bond donors (Lipinski definition) is 1. The van der Waals surface area contributed by atoms with Crippen molar-refractivity contribution in [2.75, 3.05) is 6.54 Å². The van der Waals surface area contributed by atoms with Crippen LogP contribution < -0.4 is 10.9 Å². The molecule has 1 saturated heterocycles. The lowest BCUT2D eigenvalue weighted by atomic mass is 10.0. The highest BCUT2D eigenvalue weighted by Crippen LogP contribution is 2.20. The van der Waals surface area contributed by atoms with Gasteiger partial charge in [0.25, 0.3) is 5.56 Å². The highest BCUT2D eigenvalue weighted by Gasteiger charge is 2.19. The Labute approximate surface area is 175 Å². The number of likely N-dealkylation sites (tertiary alicyclic amines) is 1. The van der Waals surface area contributed by atoms with E-state index in [2.05, 4.69) is 33.5 Å². The largest absolute Gasteiger partial charge is 0.350 e. The highest BCUT2D eigenvalue weighted by atomic mass is 16.2. The number of benzene rings is 2. The topological polar surface area (TPSA) is 80.1 Å². The molecule has 7 nitrogen and oxygen atoms in total. The molecule has 2 aromatic carbocycles. The van der Waals surface area contributed by atoms with E-state index in [0.29, 0.717) is 23.5 Å². The SMILES string of the molecule is C[C@@H]1CCCCN1Cc1ccccc1CNC(=O)Cn1nnc2ccccc2c1=O. The Morgan fingerprint density at radius 2 is 1.87 bits per heavy atom. The van der Waals surface area contributed by atoms with Crippen LogP contribution in [-0.4, -0.2) is 38.4 Å². The van der Waals surface area contributed by atoms with Gasteiger partial charge in [-0.25, -0.2) is 4.68 Å². The van der Waals surface area contributed by atoms with Crippen molar-refractivity contribution in [2.45, 2.75) is 51.9 Å². The van der Waals surface area contributed by atoms with Crippen LogP contribution in [-0.2, 0) is 24.4 Å². The van der Waals surface area contributed by atoms with Crippen molar-refractivity contribution in [3.8, 4) is 0 Å². The van der Waals surface area contributed by atoms with Crippen LogP contribution in [0.3, 0.4) is 0 Å². The molecule has 0 spiro atoms. The summed E-state index contributed by atoms with van der Waals surface area (Å²) in [7, 11) is 0. The summed E-state index contributed by atoms with van der Waals surface area (Å²) in [5.74, 6) is -0.261. The van der Waals surface area contributed by atoms with Crippen LogP contribution in [0.5, 0.6) is 0 Å². The standard InChI is InChI=1S/C23H27N5O2/c1-17-8-6-7-13-27(17)15-19-10-3-2-9-18(19)14-24-22(29)16-28-23(30)20-11-4-5-12-21(20)25-26-28/h2-5,9-12,17H,6-8,13-16H2,1H3,(H,24,29)/t17-/m1/s1. The molecule has 1 atom stereocenters. The summed E-state index contributed by atoms with van der Waals surface area (Å²) in [5, 5.41) is 11.3. The number of fused-ring (bicyclic) bond motifs is 1. The minimum absolute atomic E-state index is 0.151. The van der Waals surface area contributed by atoms with Gasteiger partial charge in [0.05, 0.1) is 5.39 Å². The number of hydrogen-bond acceptors (Lipinski definition) is 5. The van der Waals surface area contributed by atoms with Gasteiger partial charge in [-0.1, -0.05) is 48.0 Å². The first-order valence-electron chi connectivity index (χ1n) is 10.5. The van der Waals surface area contributed by atoms with E-state index in [0.717, 1.165) is 23.3 Å². The molecule has 156 valence electrons. The van der Waals surface area contributed by atoms with Gasteiger partial charge in [0.15, 0.2) is 0 Å². The van der Waals surface area contributed by atoms with Crippen LogP contribution in [0.1, 0.15) is 37.3 Å². The Hall–Kier alpha value is -3.06. The van der Waals surface area contributed by atoms with Gasteiger partial charge < -0.3 is 5.32 Å². The van der Waals surface area contributed by atoms with E-state index in [1.807, 2.05) is 18.2 Å². The van der Waals surface area contributed by atoms with E-state index >= 15 is 0 Å². The molecule has 1 N–H and O–H groups in total. The van der Waals surface area contributed by atoms with Crippen molar-refractivity contribution < 1.29 is 4.79 Å². The van der Waals surface area contributed by atoms with Crippen LogP contribution >= 0.6 is 0 Å². The zero-order valence-corrected chi connectivity index (χ0v) is 17.3. The summed E-state index contributed by atoms with van der Waals surface area (Å²) in [4.78, 5) is 27.5. The van der Waals surface area contributed by atoms with Gasteiger partial charge in [0, 0.05) is 19.1 Å². The van der Waals surface area contributed by atoms with Gasteiger partial charge >= 0.3 is 0 Å². The third-order valence-corrected chi connectivity index (χ3v) is 5.83. The van der Waals surface area contributed by atoms with Crippen LogP contribution in [0.25, 0.3) is 10.9 Å². The molecular formula is C23H27N5O2. The molecule has 7 heteroatoms. The lowest BCUT2D eigenvalue weighted by molar-refractivity contribution is -0.122. The number of piperidine rings is 1. The number of carbonyl (C=O) groups excluding carboxylic acids is 1. The smallest absolute Gasteiger partial charge is 0.278 e. The first-order chi connectivity index (χ1) is 14.6. The minimum atomic E-state index is -0.310. The minimum Gasteiger partial charge on any atom is -0.350 e. The summed E-state index contributed by atoms with van der Waals surface area (Å²) < 4.78 is 1.11. The average molecular weight is 406 g/mol. The van der Waals surface area contributed by atoms with Crippen LogP contribution in [0, 0.1) is 0 Å². The lowest BCUT2D eigenvalue weighted by Gasteiger charge is -2.33. The second kappa shape index (κ2) is 9.17. The van der Waals surface area contributed by atoms with Crippen molar-refractivity contribution in [2.24, 2.45) is 0 Å². The Morgan fingerprint density at radius 1 is 1.10 bits per heavy atom. The first-order valence-corrected chi connectivity index (χ1v) is 10.5. The fraction of sp³-hybridized carbons (Fsp3) is 0.391. The Morgan fingerprint density at radius 3 is 2.70 bits per heavy atom. The van der Waals surface area contributed by atoms with Crippen molar-refractivity contribution >= 4 is 16.8 Å². The number of amides is 1. The molecule has 1 aromatic heterocycles. The normalized spacial score (nSPS) is 17.2. The van der Waals surface area contributed by atoms with Gasteiger partial charge in [-0.15, -0.1) is 5.10 Å². The number of aromatic nitrogens is 3. The molecule has 1 fully saturated rings. The number of carbonyl (C=O) groups is 1. The summed E-state index contributed by atoms with van der Waals surface area (Å²) in [6, 6.07) is 15.8. The molecular weight excluding hydrogens is 378 g/mol. The van der Waals surface area contributed by atoms with E-state index < -0.39 is 0 Å². The summed E-state index contributed by atoms with van der Waals surface area (Å²) in [6.45, 7) is 4.56. The molecule has 3 aromatic rings. The van der Waals surface area contributed by atoms with Crippen molar-refractivity contribution in [1.29, 1.82) is 0 Å². The van der Waals surface area contributed by atoms with Gasteiger partial charge in [-0.3, -0.25) is 14.5 Å². The maximum absolute atomic E-state index is 12.5. The average Bonchev–Trinajstić information content (AvgIpc) is 2.77.